The van der Waals surface area contributed by atoms with Crippen LogP contribution in [0.3, 0.4) is 0 Å². The van der Waals surface area contributed by atoms with E-state index in [4.69, 9.17) is 0 Å². The molecule has 2 rings (SSSR count). The lowest BCUT2D eigenvalue weighted by Crippen LogP contribution is -2.36. The first kappa shape index (κ1) is 17.3. The third-order valence-corrected chi connectivity index (χ3v) is 4.83. The maximum absolute atomic E-state index is 13.0. The number of aliphatic hydroxyl groups is 1. The molecule has 0 aliphatic carbocycles. The molecule has 0 bridgehead atoms. The summed E-state index contributed by atoms with van der Waals surface area (Å²) in [6.45, 7) is 1.18. The van der Waals surface area contributed by atoms with Crippen molar-refractivity contribution in [1.29, 1.82) is 0 Å². The van der Waals surface area contributed by atoms with Gasteiger partial charge in [0.15, 0.2) is 0 Å². The number of halogens is 1. The molecule has 6 nitrogen and oxygen atoms in total. The largest absolute Gasteiger partial charge is 0.390 e. The smallest absolute Gasteiger partial charge is 0.250 e. The molecule has 124 valence electrons. The van der Waals surface area contributed by atoms with Crippen LogP contribution in [0.1, 0.15) is 5.56 Å². The lowest BCUT2D eigenvalue weighted by atomic mass is 10.2. The summed E-state index contributed by atoms with van der Waals surface area (Å²) >= 11 is 0. The molecule has 23 heavy (non-hydrogen) atoms. The number of aryl methyl sites for hydroxylation is 1. The van der Waals surface area contributed by atoms with Crippen LogP contribution in [0.4, 0.5) is 4.39 Å². The summed E-state index contributed by atoms with van der Waals surface area (Å²) in [5, 5.41) is 9.90. The average molecular weight is 340 g/mol. The van der Waals surface area contributed by atoms with Gasteiger partial charge in [-0.15, -0.1) is 0 Å². The van der Waals surface area contributed by atoms with E-state index in [-0.39, 0.29) is 29.1 Å². The van der Waals surface area contributed by atoms with Crippen LogP contribution in [0.25, 0.3) is 0 Å². The first-order chi connectivity index (χ1) is 10.8. The molecule has 2 aromatic rings. The number of rotatable bonds is 6. The lowest BCUT2D eigenvalue weighted by Gasteiger charge is -2.14. The fourth-order valence-electron chi connectivity index (χ4n) is 2.10. The third-order valence-electron chi connectivity index (χ3n) is 3.24. The van der Waals surface area contributed by atoms with E-state index in [2.05, 4.69) is 4.72 Å². The molecule has 0 spiro atoms. The molecular weight excluding hydrogens is 323 g/mol. The van der Waals surface area contributed by atoms with Crippen LogP contribution in [0, 0.1) is 12.7 Å². The molecule has 1 aromatic carbocycles. The molecule has 1 heterocycles. The highest BCUT2D eigenvalue weighted by Gasteiger charge is 2.18. The summed E-state index contributed by atoms with van der Waals surface area (Å²) in [5.74, 6) is -0.523. The van der Waals surface area contributed by atoms with Gasteiger partial charge in [0.2, 0.25) is 10.0 Å². The Morgan fingerprint density at radius 3 is 2.70 bits per heavy atom. The summed E-state index contributed by atoms with van der Waals surface area (Å²) in [6.07, 6.45) is 0.426. The number of nitrogens with zero attached hydrogens (tertiary/aromatic N) is 1. The van der Waals surface area contributed by atoms with Gasteiger partial charge in [0, 0.05) is 18.8 Å². The molecular formula is C15H17FN2O4S. The molecule has 0 saturated carbocycles. The molecule has 1 unspecified atom stereocenters. The fraction of sp³-hybridized carbons (Fsp3) is 0.267. The number of nitrogens with one attached hydrogen (secondary N) is 1. The van der Waals surface area contributed by atoms with Crippen molar-refractivity contribution < 1.29 is 17.9 Å². The molecule has 8 heteroatoms. The number of benzene rings is 1. The minimum atomic E-state index is -3.87. The molecule has 1 atom stereocenters. The standard InChI is InChI=1S/C15H17FN2O4S/c1-11-8-12(16)5-6-14(11)23(21,22)17-9-13(19)10-18-7-3-2-4-15(18)20/h2-8,13,17,19H,9-10H2,1H3. The predicted molar refractivity (Wildman–Crippen MR) is 83.0 cm³/mol. The first-order valence-corrected chi connectivity index (χ1v) is 8.37. The van der Waals surface area contributed by atoms with Crippen molar-refractivity contribution in [2.75, 3.05) is 6.54 Å². The summed E-state index contributed by atoms with van der Waals surface area (Å²) < 4.78 is 40.9. The molecule has 0 aliphatic heterocycles. The van der Waals surface area contributed by atoms with Gasteiger partial charge < -0.3 is 9.67 Å². The third kappa shape index (κ3) is 4.47. The van der Waals surface area contributed by atoms with Crippen LogP contribution in [0.2, 0.25) is 0 Å². The lowest BCUT2D eigenvalue weighted by molar-refractivity contribution is 0.156. The van der Waals surface area contributed by atoms with Crippen molar-refractivity contribution >= 4 is 10.0 Å². The van der Waals surface area contributed by atoms with E-state index in [0.717, 1.165) is 12.1 Å². The Labute approximate surface area is 133 Å². The van der Waals surface area contributed by atoms with Crippen molar-refractivity contribution in [3.05, 3.63) is 64.3 Å². The second kappa shape index (κ2) is 7.03. The quantitative estimate of drug-likeness (QED) is 0.807. The zero-order valence-corrected chi connectivity index (χ0v) is 13.3. The van der Waals surface area contributed by atoms with E-state index >= 15 is 0 Å². The van der Waals surface area contributed by atoms with E-state index in [9.17, 15) is 22.7 Å². The van der Waals surface area contributed by atoms with Gasteiger partial charge in [-0.05, 0) is 36.8 Å². The van der Waals surface area contributed by atoms with E-state index in [0.29, 0.717) is 0 Å². The van der Waals surface area contributed by atoms with Crippen molar-refractivity contribution in [1.82, 2.24) is 9.29 Å². The van der Waals surface area contributed by atoms with Crippen LogP contribution in [0.5, 0.6) is 0 Å². The van der Waals surface area contributed by atoms with Crippen LogP contribution in [-0.2, 0) is 16.6 Å². The van der Waals surface area contributed by atoms with Gasteiger partial charge in [-0.25, -0.2) is 17.5 Å². The molecule has 0 amide bonds. The summed E-state index contributed by atoms with van der Waals surface area (Å²) in [4.78, 5) is 11.5. The minimum absolute atomic E-state index is 0.0371. The molecule has 1 aromatic heterocycles. The highest BCUT2D eigenvalue weighted by atomic mass is 32.2. The van der Waals surface area contributed by atoms with Crippen LogP contribution < -0.4 is 10.3 Å². The number of pyridine rings is 1. The summed E-state index contributed by atoms with van der Waals surface area (Å²) in [5.41, 5.74) is -0.0185. The normalized spacial score (nSPS) is 13.0. The highest BCUT2D eigenvalue weighted by Crippen LogP contribution is 2.15. The van der Waals surface area contributed by atoms with Crippen LogP contribution in [-0.4, -0.2) is 30.7 Å². The van der Waals surface area contributed by atoms with Crippen molar-refractivity contribution in [3.8, 4) is 0 Å². The maximum atomic E-state index is 13.0. The topological polar surface area (TPSA) is 88.4 Å². The second-order valence-corrected chi connectivity index (χ2v) is 6.84. The van der Waals surface area contributed by atoms with Crippen LogP contribution >= 0.6 is 0 Å². The summed E-state index contributed by atoms with van der Waals surface area (Å²) in [7, 11) is -3.87. The Kier molecular flexibility index (Phi) is 5.30. The van der Waals surface area contributed by atoms with Crippen molar-refractivity contribution in [2.45, 2.75) is 24.5 Å². The predicted octanol–water partition coefficient (Wildman–Crippen LogP) is 0.635. The Bertz CT molecular complexity index is 849. The number of hydrogen-bond donors (Lipinski definition) is 2. The Balaban J connectivity index is 2.04. The van der Waals surface area contributed by atoms with Crippen molar-refractivity contribution in [3.63, 3.8) is 0 Å². The number of hydrogen-bond acceptors (Lipinski definition) is 4. The summed E-state index contributed by atoms with van der Waals surface area (Å²) in [6, 6.07) is 7.90. The maximum Gasteiger partial charge on any atom is 0.250 e. The van der Waals surface area contributed by atoms with Gasteiger partial charge in [0.25, 0.3) is 5.56 Å². The van der Waals surface area contributed by atoms with Crippen LogP contribution in [0.15, 0.2) is 52.3 Å². The van der Waals surface area contributed by atoms with E-state index < -0.39 is 21.9 Å². The van der Waals surface area contributed by atoms with Gasteiger partial charge in [0.05, 0.1) is 17.5 Å². The van der Waals surface area contributed by atoms with Gasteiger partial charge in [0.1, 0.15) is 5.82 Å². The number of aromatic nitrogens is 1. The van der Waals surface area contributed by atoms with Gasteiger partial charge in [-0.3, -0.25) is 4.79 Å². The number of aliphatic hydroxyl groups excluding tert-OH is 1. The van der Waals surface area contributed by atoms with E-state index in [1.165, 1.54) is 29.8 Å². The second-order valence-electron chi connectivity index (χ2n) is 5.11. The molecule has 0 radical (unpaired) electrons. The average Bonchev–Trinajstić information content (AvgIpc) is 2.47. The monoisotopic (exact) mass is 340 g/mol. The zero-order valence-electron chi connectivity index (χ0n) is 12.4. The minimum Gasteiger partial charge on any atom is -0.390 e. The SMILES string of the molecule is Cc1cc(F)ccc1S(=O)(=O)NCC(O)Cn1ccccc1=O. The molecule has 0 aliphatic rings. The van der Waals surface area contributed by atoms with E-state index in [1.54, 1.807) is 12.1 Å². The molecule has 0 fully saturated rings. The molecule has 0 saturated heterocycles. The first-order valence-electron chi connectivity index (χ1n) is 6.89. The van der Waals surface area contributed by atoms with Crippen molar-refractivity contribution in [2.24, 2.45) is 0 Å². The van der Waals surface area contributed by atoms with Gasteiger partial charge in [-0.1, -0.05) is 6.07 Å². The van der Waals surface area contributed by atoms with Gasteiger partial charge >= 0.3 is 0 Å². The fourth-order valence-corrected chi connectivity index (χ4v) is 3.40. The number of sulfonamides is 1. The zero-order chi connectivity index (χ0) is 17.0. The van der Waals surface area contributed by atoms with E-state index in [1.807, 2.05) is 0 Å². The Morgan fingerprint density at radius 2 is 2.04 bits per heavy atom. The highest BCUT2D eigenvalue weighted by molar-refractivity contribution is 7.89. The Hall–Kier alpha value is -2.03. The van der Waals surface area contributed by atoms with Gasteiger partial charge in [-0.2, -0.15) is 0 Å². The molecule has 2 N–H and O–H groups in total. The Morgan fingerprint density at radius 1 is 1.30 bits per heavy atom.